The highest BCUT2D eigenvalue weighted by molar-refractivity contribution is 6.80. The number of nitrogens with one attached hydrogen (secondary N) is 1. The number of para-hydroxylation sites is 1. The number of rotatable bonds is 7. The van der Waals surface area contributed by atoms with Crippen molar-refractivity contribution in [2.45, 2.75) is 0 Å². The van der Waals surface area contributed by atoms with Gasteiger partial charge in [-0.3, -0.25) is 15.0 Å². The van der Waals surface area contributed by atoms with E-state index in [4.69, 9.17) is 9.84 Å². The van der Waals surface area contributed by atoms with Crippen LogP contribution in [0.25, 0.3) is 0 Å². The summed E-state index contributed by atoms with van der Waals surface area (Å²) in [6.45, 7) is 0. The normalized spacial score (nSPS) is 10.8. The van der Waals surface area contributed by atoms with Crippen molar-refractivity contribution in [3.63, 3.8) is 0 Å². The van der Waals surface area contributed by atoms with Crippen LogP contribution in [-0.2, 0) is 9.59 Å². The first-order valence-electron chi connectivity index (χ1n) is 6.88. The summed E-state index contributed by atoms with van der Waals surface area (Å²) in [5, 5.41) is 12.6. The Bertz CT molecular complexity index is 782. The zero-order valence-corrected chi connectivity index (χ0v) is 12.7. The first-order valence-corrected chi connectivity index (χ1v) is 6.88. The third-order valence-corrected chi connectivity index (χ3v) is 3.05. The highest BCUT2D eigenvalue weighted by Crippen LogP contribution is 2.13. The molecule has 0 aliphatic carbocycles. The molecule has 0 heterocycles. The van der Waals surface area contributed by atoms with Crippen LogP contribution in [0.2, 0.25) is 0 Å². The van der Waals surface area contributed by atoms with Crippen LogP contribution in [0.4, 0.5) is 5.69 Å². The minimum Gasteiger partial charge on any atom is -0.497 e. The monoisotopic (exact) mass is 326 g/mol. The van der Waals surface area contributed by atoms with Gasteiger partial charge >= 0.3 is 5.97 Å². The number of aliphatic carboxylic acids is 1. The fourth-order valence-corrected chi connectivity index (χ4v) is 1.82. The molecule has 2 aromatic carbocycles. The maximum absolute atomic E-state index is 12.4. The van der Waals surface area contributed by atoms with E-state index in [0.717, 1.165) is 0 Å². The lowest BCUT2D eigenvalue weighted by atomic mass is 10.0. The zero-order chi connectivity index (χ0) is 17.5. The van der Waals surface area contributed by atoms with Crippen LogP contribution in [0.15, 0.2) is 59.7 Å². The highest BCUT2D eigenvalue weighted by Gasteiger charge is 2.27. The van der Waals surface area contributed by atoms with Gasteiger partial charge in [-0.25, -0.2) is 4.79 Å². The molecule has 0 amide bonds. The number of methoxy groups -OCH3 is 1. The van der Waals surface area contributed by atoms with Gasteiger partial charge in [0.1, 0.15) is 5.75 Å². The maximum Gasteiger partial charge on any atom is 0.379 e. The van der Waals surface area contributed by atoms with E-state index in [0.29, 0.717) is 11.4 Å². The molecule has 0 saturated heterocycles. The second-order valence-electron chi connectivity index (χ2n) is 4.63. The highest BCUT2D eigenvalue weighted by atomic mass is 16.5. The second-order valence-corrected chi connectivity index (χ2v) is 4.63. The van der Waals surface area contributed by atoms with Gasteiger partial charge in [0.15, 0.2) is 5.71 Å². The van der Waals surface area contributed by atoms with Crippen LogP contribution < -0.4 is 10.2 Å². The Balaban J connectivity index is 2.32. The Morgan fingerprint density at radius 3 is 2.17 bits per heavy atom. The summed E-state index contributed by atoms with van der Waals surface area (Å²) >= 11 is 0. The number of carboxylic acid groups (broad SMARTS) is 1. The Morgan fingerprint density at radius 1 is 1.00 bits per heavy atom. The first-order chi connectivity index (χ1) is 11.5. The SMILES string of the molecule is COc1ccc(C(=O)C(=NNc2ccccc2)C(=O)C(=O)O)cc1. The largest absolute Gasteiger partial charge is 0.497 e. The van der Waals surface area contributed by atoms with Gasteiger partial charge in [-0.1, -0.05) is 18.2 Å². The van der Waals surface area contributed by atoms with Gasteiger partial charge in [0, 0.05) is 5.56 Å². The van der Waals surface area contributed by atoms with Crippen molar-refractivity contribution in [1.29, 1.82) is 0 Å². The number of carbonyl (C=O) groups excluding carboxylic acids is 2. The minimum atomic E-state index is -1.76. The van der Waals surface area contributed by atoms with Crippen LogP contribution in [-0.4, -0.2) is 35.5 Å². The summed E-state index contributed by atoms with van der Waals surface area (Å²) in [7, 11) is 1.47. The maximum atomic E-state index is 12.4. The van der Waals surface area contributed by atoms with E-state index < -0.39 is 23.2 Å². The van der Waals surface area contributed by atoms with E-state index in [2.05, 4.69) is 10.5 Å². The number of anilines is 1. The number of carbonyl (C=O) groups is 3. The average Bonchev–Trinajstić information content (AvgIpc) is 2.62. The Labute approximate surface area is 137 Å². The number of carboxylic acids is 1. The molecule has 0 unspecified atom stereocenters. The van der Waals surface area contributed by atoms with Crippen LogP contribution >= 0.6 is 0 Å². The lowest BCUT2D eigenvalue weighted by molar-refractivity contribution is -0.145. The van der Waals surface area contributed by atoms with E-state index in [1.54, 1.807) is 30.3 Å². The fraction of sp³-hybridized carbons (Fsp3) is 0.0588. The quantitative estimate of drug-likeness (QED) is 0.265. The predicted octanol–water partition coefficient (Wildman–Crippen LogP) is 2.00. The molecule has 7 nitrogen and oxygen atoms in total. The lowest BCUT2D eigenvalue weighted by Gasteiger charge is -2.05. The molecule has 2 rings (SSSR count). The fourth-order valence-electron chi connectivity index (χ4n) is 1.82. The molecule has 0 atom stereocenters. The smallest absolute Gasteiger partial charge is 0.379 e. The van der Waals surface area contributed by atoms with E-state index in [1.165, 1.54) is 31.4 Å². The summed E-state index contributed by atoms with van der Waals surface area (Å²) in [5.74, 6) is -3.42. The topological polar surface area (TPSA) is 105 Å². The van der Waals surface area contributed by atoms with Crippen LogP contribution in [0, 0.1) is 0 Å². The van der Waals surface area contributed by atoms with Crippen molar-refractivity contribution in [3.05, 3.63) is 60.2 Å². The van der Waals surface area contributed by atoms with E-state index in [1.807, 2.05) is 0 Å². The summed E-state index contributed by atoms with van der Waals surface area (Å²) in [6, 6.07) is 14.4. The summed E-state index contributed by atoms with van der Waals surface area (Å²) in [4.78, 5) is 35.2. The molecule has 122 valence electrons. The number of hydrogen-bond donors (Lipinski definition) is 2. The summed E-state index contributed by atoms with van der Waals surface area (Å²) < 4.78 is 4.99. The Kier molecular flexibility index (Phi) is 5.40. The molecule has 24 heavy (non-hydrogen) atoms. The van der Waals surface area contributed by atoms with Gasteiger partial charge in [0.2, 0.25) is 5.78 Å². The van der Waals surface area contributed by atoms with Gasteiger partial charge in [-0.05, 0) is 36.4 Å². The first kappa shape index (κ1) is 16.9. The number of hydrazone groups is 1. The number of ether oxygens (including phenoxy) is 1. The van der Waals surface area contributed by atoms with Gasteiger partial charge in [0.25, 0.3) is 5.78 Å². The third-order valence-electron chi connectivity index (χ3n) is 3.05. The number of ketones is 2. The Hall–Kier alpha value is -3.48. The van der Waals surface area contributed by atoms with Crippen molar-refractivity contribution in [2.24, 2.45) is 5.10 Å². The van der Waals surface area contributed by atoms with Crippen LogP contribution in [0.3, 0.4) is 0 Å². The molecule has 0 spiro atoms. The molecule has 0 saturated carbocycles. The standard InChI is InChI=1S/C17H14N2O5/c1-24-13-9-7-11(8-10-13)15(20)14(16(21)17(22)23)19-18-12-5-3-2-4-6-12/h2-10,18H,1H3,(H,22,23). The molecule has 0 radical (unpaired) electrons. The van der Waals surface area contributed by atoms with E-state index in [9.17, 15) is 14.4 Å². The van der Waals surface area contributed by atoms with Crippen molar-refractivity contribution in [3.8, 4) is 5.75 Å². The Morgan fingerprint density at radius 2 is 1.62 bits per heavy atom. The number of benzene rings is 2. The van der Waals surface area contributed by atoms with E-state index >= 15 is 0 Å². The van der Waals surface area contributed by atoms with Crippen molar-refractivity contribution in [1.82, 2.24) is 0 Å². The molecular formula is C17H14N2O5. The average molecular weight is 326 g/mol. The van der Waals surface area contributed by atoms with E-state index in [-0.39, 0.29) is 5.56 Å². The molecule has 0 aliphatic rings. The molecule has 0 aliphatic heterocycles. The lowest BCUT2D eigenvalue weighted by Crippen LogP contribution is -2.31. The van der Waals surface area contributed by atoms with Crippen LogP contribution in [0.5, 0.6) is 5.75 Å². The number of Topliss-reactive ketones (excluding diaryl/α,β-unsaturated/α-hetero) is 2. The van der Waals surface area contributed by atoms with Gasteiger partial charge < -0.3 is 9.84 Å². The zero-order valence-electron chi connectivity index (χ0n) is 12.7. The second kappa shape index (κ2) is 7.68. The third kappa shape index (κ3) is 4.04. The molecule has 0 aromatic heterocycles. The molecular weight excluding hydrogens is 312 g/mol. The van der Waals surface area contributed by atoms with Crippen molar-refractivity contribution < 1.29 is 24.2 Å². The van der Waals surface area contributed by atoms with Gasteiger partial charge in [-0.15, -0.1) is 0 Å². The number of hydrogen-bond acceptors (Lipinski definition) is 6. The summed E-state index contributed by atoms with van der Waals surface area (Å²) in [5.41, 5.74) is 2.43. The predicted molar refractivity (Wildman–Crippen MR) is 87.5 cm³/mol. The van der Waals surface area contributed by atoms with Crippen LogP contribution in [0.1, 0.15) is 10.4 Å². The summed E-state index contributed by atoms with van der Waals surface area (Å²) in [6.07, 6.45) is 0. The van der Waals surface area contributed by atoms with Crippen molar-refractivity contribution in [2.75, 3.05) is 12.5 Å². The molecule has 0 fully saturated rings. The molecule has 7 heteroatoms. The minimum absolute atomic E-state index is 0.124. The molecule has 2 aromatic rings. The molecule has 2 N–H and O–H groups in total. The molecule has 0 bridgehead atoms. The van der Waals surface area contributed by atoms with Crippen molar-refractivity contribution >= 4 is 28.9 Å². The number of nitrogens with zero attached hydrogens (tertiary/aromatic N) is 1. The van der Waals surface area contributed by atoms with Gasteiger partial charge in [-0.2, -0.15) is 5.10 Å². The van der Waals surface area contributed by atoms with Gasteiger partial charge in [0.05, 0.1) is 12.8 Å².